The molecule has 5 heteroatoms. The molecule has 2 aliphatic heterocycles. The molecular weight excluding hydrogens is 290 g/mol. The van der Waals surface area contributed by atoms with Crippen molar-refractivity contribution in [3.05, 3.63) is 28.3 Å². The summed E-state index contributed by atoms with van der Waals surface area (Å²) in [5.41, 5.74) is 2.31. The molecule has 0 radical (unpaired) electrons. The first-order chi connectivity index (χ1) is 10.0. The Labute approximate surface area is 129 Å². The van der Waals surface area contributed by atoms with Gasteiger partial charge in [0.25, 0.3) is 0 Å². The Kier molecular flexibility index (Phi) is 4.09. The van der Waals surface area contributed by atoms with Crippen LogP contribution in [-0.4, -0.2) is 35.2 Å². The number of halogens is 1. The van der Waals surface area contributed by atoms with E-state index in [1.165, 1.54) is 5.56 Å². The molecule has 0 saturated carbocycles. The summed E-state index contributed by atoms with van der Waals surface area (Å²) < 4.78 is 5.74. The van der Waals surface area contributed by atoms with Crippen molar-refractivity contribution < 1.29 is 14.6 Å². The van der Waals surface area contributed by atoms with Crippen molar-refractivity contribution in [2.24, 2.45) is 5.92 Å². The van der Waals surface area contributed by atoms with Gasteiger partial charge in [0.2, 0.25) is 0 Å². The van der Waals surface area contributed by atoms with E-state index in [4.69, 9.17) is 21.4 Å². The van der Waals surface area contributed by atoms with Crippen LogP contribution in [0.5, 0.6) is 5.75 Å². The van der Waals surface area contributed by atoms with Crippen molar-refractivity contribution in [1.82, 2.24) is 4.90 Å². The molecule has 1 aromatic carbocycles. The molecule has 2 aliphatic rings. The molecule has 0 aromatic heterocycles. The first-order valence-corrected chi connectivity index (χ1v) is 7.83. The Morgan fingerprint density at radius 1 is 1.52 bits per heavy atom. The van der Waals surface area contributed by atoms with Crippen molar-refractivity contribution in [2.45, 2.75) is 38.8 Å². The van der Waals surface area contributed by atoms with E-state index >= 15 is 0 Å². The SMILES string of the molecule is CC1CC(C(=O)O)CCN1Cc1cc(Cl)cc2c1OCC2. The molecule has 1 saturated heterocycles. The van der Waals surface area contributed by atoms with Gasteiger partial charge in [0.15, 0.2) is 0 Å². The van der Waals surface area contributed by atoms with E-state index in [9.17, 15) is 4.79 Å². The first-order valence-electron chi connectivity index (χ1n) is 7.45. The van der Waals surface area contributed by atoms with Gasteiger partial charge in [-0.25, -0.2) is 0 Å². The van der Waals surface area contributed by atoms with E-state index in [1.807, 2.05) is 12.1 Å². The van der Waals surface area contributed by atoms with Crippen molar-refractivity contribution in [2.75, 3.05) is 13.2 Å². The highest BCUT2D eigenvalue weighted by Crippen LogP contribution is 2.35. The van der Waals surface area contributed by atoms with Crippen LogP contribution >= 0.6 is 11.6 Å². The number of aliphatic carboxylic acids is 1. The lowest BCUT2D eigenvalue weighted by molar-refractivity contribution is -0.144. The van der Waals surface area contributed by atoms with Crippen molar-refractivity contribution in [1.29, 1.82) is 0 Å². The molecule has 3 rings (SSSR count). The van der Waals surface area contributed by atoms with Crippen molar-refractivity contribution >= 4 is 17.6 Å². The van der Waals surface area contributed by atoms with Crippen molar-refractivity contribution in [3.8, 4) is 5.75 Å². The number of carboxylic acid groups (broad SMARTS) is 1. The molecule has 4 nitrogen and oxygen atoms in total. The van der Waals surface area contributed by atoms with Gasteiger partial charge in [-0.15, -0.1) is 0 Å². The molecule has 1 aromatic rings. The average Bonchev–Trinajstić information content (AvgIpc) is 2.88. The van der Waals surface area contributed by atoms with Crippen LogP contribution in [0.25, 0.3) is 0 Å². The third-order valence-electron chi connectivity index (χ3n) is 4.56. The third kappa shape index (κ3) is 3.01. The van der Waals surface area contributed by atoms with E-state index in [-0.39, 0.29) is 12.0 Å². The minimum atomic E-state index is -0.673. The van der Waals surface area contributed by atoms with Crippen LogP contribution in [0.2, 0.25) is 5.02 Å². The summed E-state index contributed by atoms with van der Waals surface area (Å²) in [4.78, 5) is 13.4. The van der Waals surface area contributed by atoms with Gasteiger partial charge in [-0.3, -0.25) is 9.69 Å². The number of rotatable bonds is 3. The standard InChI is InChI=1S/C16H20ClNO3/c1-10-6-12(16(19)20)2-4-18(10)9-13-8-14(17)7-11-3-5-21-15(11)13/h7-8,10,12H,2-6,9H2,1H3,(H,19,20). The lowest BCUT2D eigenvalue weighted by atomic mass is 9.91. The highest BCUT2D eigenvalue weighted by atomic mass is 35.5. The molecule has 0 bridgehead atoms. The lowest BCUT2D eigenvalue weighted by Crippen LogP contribution is -2.42. The molecular formula is C16H20ClNO3. The molecule has 2 atom stereocenters. The molecule has 2 unspecified atom stereocenters. The maximum absolute atomic E-state index is 11.1. The fourth-order valence-corrected chi connectivity index (χ4v) is 3.63. The lowest BCUT2D eigenvalue weighted by Gasteiger charge is -2.36. The quantitative estimate of drug-likeness (QED) is 0.932. The Morgan fingerprint density at radius 3 is 3.05 bits per heavy atom. The normalized spacial score (nSPS) is 25.4. The van der Waals surface area contributed by atoms with Crippen LogP contribution in [-0.2, 0) is 17.8 Å². The highest BCUT2D eigenvalue weighted by Gasteiger charge is 2.30. The van der Waals surface area contributed by atoms with Crippen LogP contribution in [0.3, 0.4) is 0 Å². The molecule has 0 amide bonds. The Balaban J connectivity index is 1.74. The third-order valence-corrected chi connectivity index (χ3v) is 4.78. The van der Waals surface area contributed by atoms with Crippen LogP contribution in [0.4, 0.5) is 0 Å². The maximum atomic E-state index is 11.1. The number of benzene rings is 1. The Hall–Kier alpha value is -1.26. The number of nitrogens with zero attached hydrogens (tertiary/aromatic N) is 1. The number of carboxylic acids is 1. The second-order valence-electron chi connectivity index (χ2n) is 6.03. The van der Waals surface area contributed by atoms with E-state index in [1.54, 1.807) is 0 Å². The number of fused-ring (bicyclic) bond motifs is 1. The number of ether oxygens (including phenoxy) is 1. The Bertz CT molecular complexity index is 561. The number of carbonyl (C=O) groups is 1. The van der Waals surface area contributed by atoms with Gasteiger partial charge in [-0.05, 0) is 44.0 Å². The molecule has 2 heterocycles. The number of hydrogen-bond acceptors (Lipinski definition) is 3. The largest absolute Gasteiger partial charge is 0.493 e. The number of piperidine rings is 1. The minimum absolute atomic E-state index is 0.211. The predicted octanol–water partition coefficient (Wildman–Crippen LogP) is 2.96. The molecule has 0 spiro atoms. The fraction of sp³-hybridized carbons (Fsp3) is 0.562. The monoisotopic (exact) mass is 309 g/mol. The maximum Gasteiger partial charge on any atom is 0.306 e. The van der Waals surface area contributed by atoms with Gasteiger partial charge in [0.05, 0.1) is 12.5 Å². The zero-order valence-corrected chi connectivity index (χ0v) is 12.9. The van der Waals surface area contributed by atoms with Crippen molar-refractivity contribution in [3.63, 3.8) is 0 Å². The number of hydrogen-bond donors (Lipinski definition) is 1. The summed E-state index contributed by atoms with van der Waals surface area (Å²) in [6, 6.07) is 4.21. The minimum Gasteiger partial charge on any atom is -0.493 e. The van der Waals surface area contributed by atoms with Gasteiger partial charge >= 0.3 is 5.97 Å². The Morgan fingerprint density at radius 2 is 2.33 bits per heavy atom. The van der Waals surface area contributed by atoms with Crippen LogP contribution in [0.1, 0.15) is 30.9 Å². The highest BCUT2D eigenvalue weighted by molar-refractivity contribution is 6.30. The van der Waals surface area contributed by atoms with Gasteiger partial charge in [0.1, 0.15) is 5.75 Å². The van der Waals surface area contributed by atoms with Crippen LogP contribution in [0, 0.1) is 5.92 Å². The summed E-state index contributed by atoms with van der Waals surface area (Å²) in [5.74, 6) is 0.0954. The van der Waals surface area contributed by atoms with E-state index in [0.29, 0.717) is 12.8 Å². The van der Waals surface area contributed by atoms with E-state index in [0.717, 1.165) is 42.5 Å². The zero-order chi connectivity index (χ0) is 15.0. The summed E-state index contributed by atoms with van der Waals surface area (Å²) in [6.45, 7) is 4.40. The number of likely N-dealkylation sites (tertiary alicyclic amines) is 1. The first kappa shape index (κ1) is 14.7. The molecule has 1 N–H and O–H groups in total. The second-order valence-corrected chi connectivity index (χ2v) is 6.47. The van der Waals surface area contributed by atoms with Gasteiger partial charge in [-0.2, -0.15) is 0 Å². The summed E-state index contributed by atoms with van der Waals surface area (Å²) in [6.07, 6.45) is 2.34. The summed E-state index contributed by atoms with van der Waals surface area (Å²) in [7, 11) is 0. The molecule has 0 aliphatic carbocycles. The predicted molar refractivity (Wildman–Crippen MR) is 80.9 cm³/mol. The zero-order valence-electron chi connectivity index (χ0n) is 12.1. The summed E-state index contributed by atoms with van der Waals surface area (Å²) >= 11 is 6.20. The van der Waals surface area contributed by atoms with E-state index in [2.05, 4.69) is 11.8 Å². The van der Waals surface area contributed by atoms with Gasteiger partial charge in [0, 0.05) is 29.6 Å². The molecule has 1 fully saturated rings. The van der Waals surface area contributed by atoms with Gasteiger partial charge in [-0.1, -0.05) is 11.6 Å². The smallest absolute Gasteiger partial charge is 0.306 e. The average molecular weight is 310 g/mol. The van der Waals surface area contributed by atoms with E-state index < -0.39 is 5.97 Å². The summed E-state index contributed by atoms with van der Waals surface area (Å²) in [5, 5.41) is 9.89. The second kappa shape index (κ2) is 5.85. The van der Waals surface area contributed by atoms with Crippen LogP contribution < -0.4 is 4.74 Å². The van der Waals surface area contributed by atoms with Crippen LogP contribution in [0.15, 0.2) is 12.1 Å². The molecule has 114 valence electrons. The molecule has 21 heavy (non-hydrogen) atoms. The topological polar surface area (TPSA) is 49.8 Å². The van der Waals surface area contributed by atoms with Gasteiger partial charge < -0.3 is 9.84 Å². The fourth-order valence-electron chi connectivity index (χ4n) is 3.36.